The molecule has 3 N–H and O–H groups in total. The van der Waals surface area contributed by atoms with Gasteiger partial charge in [-0.2, -0.15) is 5.10 Å². The van der Waals surface area contributed by atoms with E-state index in [1.54, 1.807) is 10.9 Å². The second-order valence-electron chi connectivity index (χ2n) is 3.19. The fourth-order valence-electron chi connectivity index (χ4n) is 1.21. The van der Waals surface area contributed by atoms with Gasteiger partial charge in [-0.1, -0.05) is 0 Å². The molecule has 0 saturated carbocycles. The molecule has 0 aromatic carbocycles. The van der Waals surface area contributed by atoms with E-state index in [4.69, 9.17) is 5.11 Å². The summed E-state index contributed by atoms with van der Waals surface area (Å²) in [6.45, 7) is -0.279. The van der Waals surface area contributed by atoms with E-state index < -0.39 is 10.0 Å². The quantitative estimate of drug-likeness (QED) is 0.702. The number of rotatable bonds is 5. The van der Waals surface area contributed by atoms with Crippen LogP contribution in [0.2, 0.25) is 0 Å². The topological polar surface area (TPSA) is 108 Å². The maximum Gasteiger partial charge on any atom is 0.258 e. The number of hydrogen-bond donors (Lipinski definition) is 3. The summed E-state index contributed by atoms with van der Waals surface area (Å²) < 4.78 is 26.1. The van der Waals surface area contributed by atoms with Crippen LogP contribution in [0.1, 0.15) is 11.3 Å². The summed E-state index contributed by atoms with van der Waals surface area (Å²) in [7, 11) is -3.70. The van der Waals surface area contributed by atoms with Crippen LogP contribution < -0.4 is 4.72 Å². The van der Waals surface area contributed by atoms with E-state index >= 15 is 0 Å². The first-order valence-electron chi connectivity index (χ1n) is 4.63. The van der Waals surface area contributed by atoms with Crippen molar-refractivity contribution in [2.75, 3.05) is 0 Å². The molecule has 0 unspecified atom stereocenters. The normalized spacial score (nSPS) is 11.8. The van der Waals surface area contributed by atoms with E-state index in [2.05, 4.69) is 19.9 Å². The van der Waals surface area contributed by atoms with Crippen molar-refractivity contribution in [1.29, 1.82) is 0 Å². The van der Waals surface area contributed by atoms with E-state index in [9.17, 15) is 8.42 Å². The molecule has 2 rings (SSSR count). The van der Waals surface area contributed by atoms with Gasteiger partial charge in [-0.3, -0.25) is 5.10 Å². The Labute approximate surface area is 102 Å². The lowest BCUT2D eigenvalue weighted by Gasteiger charge is -2.04. The van der Waals surface area contributed by atoms with Gasteiger partial charge in [0.05, 0.1) is 30.6 Å². The number of aliphatic hydroxyl groups excluding tert-OH is 1. The molecule has 0 aliphatic carbocycles. The lowest BCUT2D eigenvalue weighted by molar-refractivity contribution is 0.278. The van der Waals surface area contributed by atoms with E-state index in [1.807, 2.05) is 0 Å². The molecule has 17 heavy (non-hydrogen) atoms. The van der Waals surface area contributed by atoms with Gasteiger partial charge in [0.25, 0.3) is 10.0 Å². The number of nitrogens with one attached hydrogen (secondary N) is 2. The van der Waals surface area contributed by atoms with Crippen LogP contribution in [0.5, 0.6) is 0 Å². The Morgan fingerprint density at radius 3 is 3.00 bits per heavy atom. The molecule has 0 fully saturated rings. The highest BCUT2D eigenvalue weighted by Crippen LogP contribution is 2.12. The molecule has 0 bridgehead atoms. The molecule has 0 saturated heterocycles. The molecule has 2 heterocycles. The Kier molecular flexibility index (Phi) is 3.52. The van der Waals surface area contributed by atoms with Crippen molar-refractivity contribution >= 4 is 21.4 Å². The summed E-state index contributed by atoms with van der Waals surface area (Å²) >= 11 is 1.39. The molecule has 0 aliphatic heterocycles. The van der Waals surface area contributed by atoms with Crippen LogP contribution in [0.15, 0.2) is 22.1 Å². The monoisotopic (exact) mass is 274 g/mol. The summed E-state index contributed by atoms with van der Waals surface area (Å²) in [5.74, 6) is 0. The highest BCUT2D eigenvalue weighted by atomic mass is 32.2. The molecule has 9 heteroatoms. The van der Waals surface area contributed by atoms with Crippen molar-refractivity contribution in [3.8, 4) is 0 Å². The van der Waals surface area contributed by atoms with Gasteiger partial charge >= 0.3 is 0 Å². The zero-order valence-electron chi connectivity index (χ0n) is 8.62. The number of H-pyrrole nitrogens is 1. The van der Waals surface area contributed by atoms with Crippen molar-refractivity contribution in [1.82, 2.24) is 19.9 Å². The van der Waals surface area contributed by atoms with Crippen LogP contribution in [-0.2, 0) is 23.2 Å². The molecule has 0 spiro atoms. The SMILES string of the molecule is O=S(=O)(NCc1cscn1)c1[nH]ncc1CO. The molecular formula is C8H10N4O3S2. The Hall–Kier alpha value is -1.29. The van der Waals surface area contributed by atoms with Crippen LogP contribution in [0, 0.1) is 0 Å². The average Bonchev–Trinajstić information content (AvgIpc) is 2.97. The number of aromatic amines is 1. The van der Waals surface area contributed by atoms with Gasteiger partial charge < -0.3 is 5.11 Å². The van der Waals surface area contributed by atoms with Crippen molar-refractivity contribution in [3.63, 3.8) is 0 Å². The molecule has 2 aromatic rings. The number of nitrogens with zero attached hydrogens (tertiary/aromatic N) is 2. The highest BCUT2D eigenvalue weighted by molar-refractivity contribution is 7.89. The summed E-state index contributed by atoms with van der Waals surface area (Å²) in [4.78, 5) is 3.96. The fraction of sp³-hybridized carbons (Fsp3) is 0.250. The van der Waals surface area contributed by atoms with Crippen molar-refractivity contribution < 1.29 is 13.5 Å². The molecule has 0 amide bonds. The molecule has 0 radical (unpaired) electrons. The Bertz CT molecular complexity index is 576. The summed E-state index contributed by atoms with van der Waals surface area (Å²) in [6, 6.07) is 0. The minimum absolute atomic E-state index is 0.107. The zero-order chi connectivity index (χ0) is 12.3. The van der Waals surface area contributed by atoms with Gasteiger partial charge in [-0.15, -0.1) is 11.3 Å². The second kappa shape index (κ2) is 4.92. The lowest BCUT2D eigenvalue weighted by Crippen LogP contribution is -2.24. The van der Waals surface area contributed by atoms with E-state index in [0.717, 1.165) is 0 Å². The second-order valence-corrected chi connectivity index (χ2v) is 5.61. The predicted molar refractivity (Wildman–Crippen MR) is 60.7 cm³/mol. The number of aromatic nitrogens is 3. The maximum absolute atomic E-state index is 11.9. The van der Waals surface area contributed by atoms with Crippen LogP contribution >= 0.6 is 11.3 Å². The van der Waals surface area contributed by atoms with Gasteiger partial charge in [-0.05, 0) is 0 Å². The number of sulfonamides is 1. The Morgan fingerprint density at radius 2 is 2.35 bits per heavy atom. The summed E-state index contributed by atoms with van der Waals surface area (Å²) in [5.41, 5.74) is 2.50. The van der Waals surface area contributed by atoms with Crippen molar-refractivity contribution in [2.45, 2.75) is 18.2 Å². The lowest BCUT2D eigenvalue weighted by atomic mass is 10.4. The van der Waals surface area contributed by atoms with E-state index in [1.165, 1.54) is 17.5 Å². The minimum Gasteiger partial charge on any atom is -0.392 e. The van der Waals surface area contributed by atoms with Gasteiger partial charge in [-0.25, -0.2) is 18.1 Å². The maximum atomic E-state index is 11.9. The minimum atomic E-state index is -3.70. The first kappa shape index (κ1) is 12.2. The molecular weight excluding hydrogens is 264 g/mol. The number of hydrogen-bond acceptors (Lipinski definition) is 6. The molecule has 2 aromatic heterocycles. The number of thiazole rings is 1. The van der Waals surface area contributed by atoms with Crippen LogP contribution in [0.25, 0.3) is 0 Å². The largest absolute Gasteiger partial charge is 0.392 e. The molecule has 0 atom stereocenters. The van der Waals surface area contributed by atoms with Crippen molar-refractivity contribution in [3.05, 3.63) is 28.3 Å². The average molecular weight is 274 g/mol. The van der Waals surface area contributed by atoms with Gasteiger partial charge in [0.2, 0.25) is 0 Å². The van der Waals surface area contributed by atoms with Crippen LogP contribution in [0.4, 0.5) is 0 Å². The molecule has 0 aliphatic rings. The first-order chi connectivity index (χ1) is 8.13. The highest BCUT2D eigenvalue weighted by Gasteiger charge is 2.20. The summed E-state index contributed by atoms with van der Waals surface area (Å²) in [5, 5.41) is 16.5. The molecule has 7 nitrogen and oxygen atoms in total. The fourth-order valence-corrected chi connectivity index (χ4v) is 2.89. The van der Waals surface area contributed by atoms with Crippen LogP contribution in [0.3, 0.4) is 0 Å². The summed E-state index contributed by atoms with van der Waals surface area (Å²) in [6.07, 6.45) is 1.28. The van der Waals surface area contributed by atoms with Gasteiger partial charge in [0, 0.05) is 10.9 Å². The predicted octanol–water partition coefficient (Wildman–Crippen LogP) is -0.163. The van der Waals surface area contributed by atoms with Crippen LogP contribution in [-0.4, -0.2) is 28.7 Å². The Morgan fingerprint density at radius 1 is 1.53 bits per heavy atom. The molecule has 92 valence electrons. The van der Waals surface area contributed by atoms with E-state index in [0.29, 0.717) is 5.69 Å². The standard InChI is InChI=1S/C8H10N4O3S2/c13-3-6-1-10-12-8(6)17(14,15)11-2-7-4-16-5-9-7/h1,4-5,11,13H,2-3H2,(H,10,12). The third kappa shape index (κ3) is 2.69. The van der Waals surface area contributed by atoms with Crippen molar-refractivity contribution in [2.24, 2.45) is 0 Å². The third-order valence-electron chi connectivity index (χ3n) is 2.04. The Balaban J connectivity index is 2.14. The first-order valence-corrected chi connectivity index (χ1v) is 7.06. The number of aliphatic hydroxyl groups is 1. The van der Waals surface area contributed by atoms with Gasteiger partial charge in [0.1, 0.15) is 0 Å². The smallest absolute Gasteiger partial charge is 0.258 e. The third-order valence-corrected chi connectivity index (χ3v) is 4.09. The van der Waals surface area contributed by atoms with E-state index in [-0.39, 0.29) is 23.7 Å². The zero-order valence-corrected chi connectivity index (χ0v) is 10.3. The van der Waals surface area contributed by atoms with Gasteiger partial charge in [0.15, 0.2) is 5.03 Å².